The van der Waals surface area contributed by atoms with Gasteiger partial charge in [0, 0.05) is 39.3 Å². The number of aliphatic imine (C=N–C) groups is 1. The molecule has 0 amide bonds. The van der Waals surface area contributed by atoms with Gasteiger partial charge in [0.25, 0.3) is 0 Å². The lowest BCUT2D eigenvalue weighted by molar-refractivity contribution is 0.0257. The van der Waals surface area contributed by atoms with Crippen molar-refractivity contribution in [3.8, 4) is 0 Å². The van der Waals surface area contributed by atoms with Crippen LogP contribution in [0.15, 0.2) is 4.99 Å². The standard InChI is InChI=1S/C18H36N4O/c1-5-23-17(15(2)3)8-10-20-18(19-4)22-13-9-16(14-22)21-11-6-7-12-21/h15-17H,5-14H2,1-4H3,(H,19,20). The van der Waals surface area contributed by atoms with Crippen molar-refractivity contribution in [1.82, 2.24) is 15.1 Å². The first-order chi connectivity index (χ1) is 11.2. The molecular formula is C18H36N4O. The minimum absolute atomic E-state index is 0.335. The Balaban J connectivity index is 1.75. The summed E-state index contributed by atoms with van der Waals surface area (Å²) < 4.78 is 5.83. The zero-order valence-corrected chi connectivity index (χ0v) is 15.6. The van der Waals surface area contributed by atoms with Gasteiger partial charge in [0.2, 0.25) is 0 Å². The normalized spacial score (nSPS) is 24.7. The molecule has 2 rings (SSSR count). The van der Waals surface area contributed by atoms with Crippen LogP contribution in [0.3, 0.4) is 0 Å². The zero-order chi connectivity index (χ0) is 16.7. The number of rotatable bonds is 7. The van der Waals surface area contributed by atoms with Crippen LogP contribution in [-0.4, -0.2) is 74.3 Å². The third kappa shape index (κ3) is 5.35. The van der Waals surface area contributed by atoms with Crippen molar-refractivity contribution in [2.75, 3.05) is 46.4 Å². The van der Waals surface area contributed by atoms with Crippen LogP contribution < -0.4 is 5.32 Å². The Morgan fingerprint density at radius 1 is 1.26 bits per heavy atom. The summed E-state index contributed by atoms with van der Waals surface area (Å²) in [7, 11) is 1.90. The van der Waals surface area contributed by atoms with Crippen LogP contribution in [-0.2, 0) is 4.74 Å². The number of hydrogen-bond donors (Lipinski definition) is 1. The highest BCUT2D eigenvalue weighted by Gasteiger charge is 2.30. The maximum Gasteiger partial charge on any atom is 0.193 e. The van der Waals surface area contributed by atoms with Crippen LogP contribution in [0.5, 0.6) is 0 Å². The van der Waals surface area contributed by atoms with Gasteiger partial charge in [0.15, 0.2) is 5.96 Å². The molecule has 0 aromatic heterocycles. The van der Waals surface area contributed by atoms with Crippen molar-refractivity contribution in [3.05, 3.63) is 0 Å². The lowest BCUT2D eigenvalue weighted by atomic mass is 10.0. The van der Waals surface area contributed by atoms with E-state index in [9.17, 15) is 0 Å². The highest BCUT2D eigenvalue weighted by atomic mass is 16.5. The molecule has 1 N–H and O–H groups in total. The fourth-order valence-electron chi connectivity index (χ4n) is 3.82. The minimum atomic E-state index is 0.335. The summed E-state index contributed by atoms with van der Waals surface area (Å²) in [5.74, 6) is 1.62. The van der Waals surface area contributed by atoms with Gasteiger partial charge in [-0.3, -0.25) is 9.89 Å². The van der Waals surface area contributed by atoms with Gasteiger partial charge in [0.1, 0.15) is 0 Å². The van der Waals surface area contributed by atoms with Crippen molar-refractivity contribution in [3.63, 3.8) is 0 Å². The van der Waals surface area contributed by atoms with Crippen LogP contribution in [0.2, 0.25) is 0 Å². The molecule has 0 saturated carbocycles. The van der Waals surface area contributed by atoms with Crippen molar-refractivity contribution >= 4 is 5.96 Å². The second kappa shape index (κ2) is 9.48. The first kappa shape index (κ1) is 18.5. The van der Waals surface area contributed by atoms with Crippen LogP contribution in [0.1, 0.15) is 46.5 Å². The molecule has 2 atom stereocenters. The van der Waals surface area contributed by atoms with E-state index >= 15 is 0 Å². The van der Waals surface area contributed by atoms with Gasteiger partial charge in [-0.2, -0.15) is 0 Å². The average molecular weight is 325 g/mol. The van der Waals surface area contributed by atoms with Crippen LogP contribution in [0.25, 0.3) is 0 Å². The largest absolute Gasteiger partial charge is 0.378 e. The Hall–Kier alpha value is -0.810. The maximum absolute atomic E-state index is 5.83. The quantitative estimate of drug-likeness (QED) is 0.576. The summed E-state index contributed by atoms with van der Waals surface area (Å²) in [5, 5.41) is 3.54. The van der Waals surface area contributed by atoms with E-state index in [1.807, 2.05) is 7.05 Å². The molecule has 5 nitrogen and oxygen atoms in total. The molecule has 134 valence electrons. The lowest BCUT2D eigenvalue weighted by Crippen LogP contribution is -2.43. The zero-order valence-electron chi connectivity index (χ0n) is 15.6. The first-order valence-electron chi connectivity index (χ1n) is 9.47. The fraction of sp³-hybridized carbons (Fsp3) is 0.944. The molecule has 23 heavy (non-hydrogen) atoms. The van der Waals surface area contributed by atoms with Gasteiger partial charge in [0.05, 0.1) is 6.10 Å². The summed E-state index contributed by atoms with van der Waals surface area (Å²) in [4.78, 5) is 9.58. The van der Waals surface area contributed by atoms with Crippen LogP contribution in [0.4, 0.5) is 0 Å². The molecule has 5 heteroatoms. The second-order valence-corrected chi connectivity index (χ2v) is 7.13. The summed E-state index contributed by atoms with van der Waals surface area (Å²) >= 11 is 0. The predicted octanol–water partition coefficient (Wildman–Crippen LogP) is 2.18. The molecule has 0 radical (unpaired) electrons. The third-order valence-corrected chi connectivity index (χ3v) is 5.17. The molecule has 2 fully saturated rings. The van der Waals surface area contributed by atoms with E-state index in [0.29, 0.717) is 12.0 Å². The summed E-state index contributed by atoms with van der Waals surface area (Å²) in [6, 6.07) is 0.725. The molecule has 2 unspecified atom stereocenters. The van der Waals surface area contributed by atoms with Crippen molar-refractivity contribution in [2.45, 2.75) is 58.6 Å². The molecule has 0 bridgehead atoms. The van der Waals surface area contributed by atoms with Crippen molar-refractivity contribution in [1.29, 1.82) is 0 Å². The van der Waals surface area contributed by atoms with Crippen molar-refractivity contribution in [2.24, 2.45) is 10.9 Å². The Bertz CT molecular complexity index is 366. The van der Waals surface area contributed by atoms with E-state index in [0.717, 1.165) is 44.7 Å². The number of ether oxygens (including phenoxy) is 1. The Morgan fingerprint density at radius 2 is 2.00 bits per heavy atom. The van der Waals surface area contributed by atoms with Gasteiger partial charge in [-0.25, -0.2) is 0 Å². The predicted molar refractivity (Wildman–Crippen MR) is 97.0 cm³/mol. The summed E-state index contributed by atoms with van der Waals surface area (Å²) in [6.07, 6.45) is 5.39. The Kier molecular flexibility index (Phi) is 7.63. The smallest absolute Gasteiger partial charge is 0.193 e. The number of nitrogens with one attached hydrogen (secondary N) is 1. The van der Waals surface area contributed by atoms with Crippen molar-refractivity contribution < 1.29 is 4.74 Å². The lowest BCUT2D eigenvalue weighted by Gasteiger charge is -2.26. The summed E-state index contributed by atoms with van der Waals surface area (Å²) in [5.41, 5.74) is 0. The molecule has 0 aromatic carbocycles. The number of guanidine groups is 1. The highest BCUT2D eigenvalue weighted by Crippen LogP contribution is 2.20. The monoisotopic (exact) mass is 324 g/mol. The second-order valence-electron chi connectivity index (χ2n) is 7.13. The van der Waals surface area contributed by atoms with Crippen LogP contribution >= 0.6 is 0 Å². The molecule has 2 aliphatic rings. The molecule has 0 aliphatic carbocycles. The molecular weight excluding hydrogens is 288 g/mol. The number of nitrogens with zero attached hydrogens (tertiary/aromatic N) is 3. The van der Waals surface area contributed by atoms with Gasteiger partial charge >= 0.3 is 0 Å². The number of likely N-dealkylation sites (tertiary alicyclic amines) is 2. The minimum Gasteiger partial charge on any atom is -0.378 e. The van der Waals surface area contributed by atoms with E-state index < -0.39 is 0 Å². The molecule has 2 aliphatic heterocycles. The summed E-state index contributed by atoms with van der Waals surface area (Å²) in [6.45, 7) is 13.1. The van der Waals surface area contributed by atoms with Gasteiger partial charge < -0.3 is 15.0 Å². The molecule has 0 spiro atoms. The number of hydrogen-bond acceptors (Lipinski definition) is 3. The SMILES string of the molecule is CCOC(CCNC(=NC)N1CCC(N2CCCC2)C1)C(C)C. The third-order valence-electron chi connectivity index (χ3n) is 5.17. The van der Waals surface area contributed by atoms with E-state index in [1.54, 1.807) is 0 Å². The molecule has 2 heterocycles. The van der Waals surface area contributed by atoms with E-state index in [4.69, 9.17) is 4.74 Å². The van der Waals surface area contributed by atoms with E-state index in [2.05, 4.69) is 40.9 Å². The Labute approximate surface area is 142 Å². The molecule has 2 saturated heterocycles. The van der Waals surface area contributed by atoms with E-state index in [1.165, 1.54) is 32.4 Å². The van der Waals surface area contributed by atoms with E-state index in [-0.39, 0.29) is 0 Å². The first-order valence-corrected chi connectivity index (χ1v) is 9.47. The molecule has 0 aromatic rings. The highest BCUT2D eigenvalue weighted by molar-refractivity contribution is 5.80. The Morgan fingerprint density at radius 3 is 2.61 bits per heavy atom. The maximum atomic E-state index is 5.83. The topological polar surface area (TPSA) is 40.1 Å². The fourth-order valence-corrected chi connectivity index (χ4v) is 3.82. The van der Waals surface area contributed by atoms with Crippen LogP contribution in [0, 0.1) is 5.92 Å². The average Bonchev–Trinajstić information content (AvgIpc) is 3.20. The van der Waals surface area contributed by atoms with Gasteiger partial charge in [-0.15, -0.1) is 0 Å². The van der Waals surface area contributed by atoms with Gasteiger partial charge in [-0.1, -0.05) is 13.8 Å². The van der Waals surface area contributed by atoms with Gasteiger partial charge in [-0.05, 0) is 51.6 Å².